The summed E-state index contributed by atoms with van der Waals surface area (Å²) in [4.78, 5) is 24.4. The van der Waals surface area contributed by atoms with Gasteiger partial charge in [-0.1, -0.05) is 19.9 Å². The number of amides is 1. The van der Waals surface area contributed by atoms with Gasteiger partial charge < -0.3 is 5.32 Å². The number of benzene rings is 1. The minimum atomic E-state index is -0.386. The Bertz CT molecular complexity index is 497. The summed E-state index contributed by atoms with van der Waals surface area (Å²) in [6.07, 6.45) is 0. The molecule has 1 atom stereocenters. The molecule has 1 amide bonds. The van der Waals surface area contributed by atoms with Crippen LogP contribution in [0.5, 0.6) is 0 Å². The molecule has 0 heterocycles. The van der Waals surface area contributed by atoms with E-state index in [2.05, 4.69) is 31.3 Å². The van der Waals surface area contributed by atoms with Gasteiger partial charge in [-0.2, -0.15) is 0 Å². The lowest BCUT2D eigenvalue weighted by molar-refractivity contribution is -0.126. The number of ketones is 1. The fraction of sp³-hybridized carbons (Fsp3) is 0.500. The Morgan fingerprint density at radius 1 is 1.20 bits per heavy atom. The summed E-state index contributed by atoms with van der Waals surface area (Å²) in [6.45, 7) is 9.51. The average molecular weight is 293 g/mol. The third-order valence-electron chi connectivity index (χ3n) is 3.27. The molecular formula is C16H23NO2S. The number of Topliss-reactive ketones (excluding diaryl/α,β-unsaturated/α-hetero) is 1. The van der Waals surface area contributed by atoms with E-state index in [1.54, 1.807) is 0 Å². The second-order valence-electron chi connectivity index (χ2n) is 5.43. The van der Waals surface area contributed by atoms with Gasteiger partial charge in [-0.05, 0) is 49.9 Å². The molecule has 4 heteroatoms. The van der Waals surface area contributed by atoms with E-state index >= 15 is 0 Å². The molecule has 0 aromatic heterocycles. The summed E-state index contributed by atoms with van der Waals surface area (Å²) in [5.74, 6) is 0.355. The standard InChI is InChI=1S/C16H23NO2S/c1-10(2)16(13(5)18)17-15(19)9-20-14-7-6-11(3)12(4)8-14/h6-8,10,16H,9H2,1-5H3,(H,17,19). The third kappa shape index (κ3) is 5.00. The van der Waals surface area contributed by atoms with E-state index < -0.39 is 0 Å². The van der Waals surface area contributed by atoms with E-state index in [0.717, 1.165) is 4.90 Å². The highest BCUT2D eigenvalue weighted by molar-refractivity contribution is 8.00. The van der Waals surface area contributed by atoms with Gasteiger partial charge in [-0.3, -0.25) is 9.59 Å². The molecule has 1 rings (SSSR count). The van der Waals surface area contributed by atoms with Crippen LogP contribution in [0, 0.1) is 19.8 Å². The number of nitrogens with one attached hydrogen (secondary N) is 1. The van der Waals surface area contributed by atoms with E-state index in [-0.39, 0.29) is 23.7 Å². The van der Waals surface area contributed by atoms with Crippen LogP contribution >= 0.6 is 11.8 Å². The first-order valence-electron chi connectivity index (χ1n) is 6.81. The number of hydrogen-bond donors (Lipinski definition) is 1. The number of carbonyl (C=O) groups excluding carboxylic acids is 2. The predicted octanol–water partition coefficient (Wildman–Crippen LogP) is 3.13. The molecule has 3 nitrogen and oxygen atoms in total. The van der Waals surface area contributed by atoms with Crippen LogP contribution in [0.3, 0.4) is 0 Å². The van der Waals surface area contributed by atoms with Crippen molar-refractivity contribution in [2.24, 2.45) is 5.92 Å². The number of hydrogen-bond acceptors (Lipinski definition) is 3. The summed E-state index contributed by atoms with van der Waals surface area (Å²) >= 11 is 1.49. The molecular weight excluding hydrogens is 270 g/mol. The van der Waals surface area contributed by atoms with Crippen molar-refractivity contribution in [3.8, 4) is 0 Å². The zero-order valence-electron chi connectivity index (χ0n) is 12.8. The SMILES string of the molecule is CC(=O)C(NC(=O)CSc1ccc(C)c(C)c1)C(C)C. The molecule has 110 valence electrons. The molecule has 0 aliphatic carbocycles. The largest absolute Gasteiger partial charge is 0.345 e. The molecule has 0 saturated carbocycles. The van der Waals surface area contributed by atoms with Gasteiger partial charge in [-0.15, -0.1) is 11.8 Å². The summed E-state index contributed by atoms with van der Waals surface area (Å²) in [7, 11) is 0. The monoisotopic (exact) mass is 293 g/mol. The number of thioether (sulfide) groups is 1. The van der Waals surface area contributed by atoms with E-state index in [1.807, 2.05) is 19.9 Å². The van der Waals surface area contributed by atoms with Crippen molar-refractivity contribution in [1.82, 2.24) is 5.32 Å². The van der Waals surface area contributed by atoms with Gasteiger partial charge >= 0.3 is 0 Å². The molecule has 0 aliphatic heterocycles. The fourth-order valence-corrected chi connectivity index (χ4v) is 2.71. The average Bonchev–Trinajstić information content (AvgIpc) is 2.36. The van der Waals surface area contributed by atoms with Gasteiger partial charge in [0.15, 0.2) is 5.78 Å². The van der Waals surface area contributed by atoms with Crippen molar-refractivity contribution in [2.45, 2.75) is 45.6 Å². The quantitative estimate of drug-likeness (QED) is 0.820. The molecule has 0 bridgehead atoms. The second kappa shape index (κ2) is 7.48. The zero-order chi connectivity index (χ0) is 15.3. The molecule has 0 spiro atoms. The van der Waals surface area contributed by atoms with Crippen LogP contribution in [0.2, 0.25) is 0 Å². The first-order chi connectivity index (χ1) is 9.31. The van der Waals surface area contributed by atoms with Crippen molar-refractivity contribution in [1.29, 1.82) is 0 Å². The first kappa shape index (κ1) is 16.8. The lowest BCUT2D eigenvalue weighted by atomic mass is 10.0. The van der Waals surface area contributed by atoms with E-state index in [4.69, 9.17) is 0 Å². The van der Waals surface area contributed by atoms with Crippen LogP contribution in [0.4, 0.5) is 0 Å². The number of carbonyl (C=O) groups is 2. The molecule has 0 aliphatic rings. The maximum atomic E-state index is 11.9. The van der Waals surface area contributed by atoms with Crippen LogP contribution in [-0.4, -0.2) is 23.5 Å². The Morgan fingerprint density at radius 2 is 1.85 bits per heavy atom. The lowest BCUT2D eigenvalue weighted by Crippen LogP contribution is -2.44. The molecule has 1 aromatic carbocycles. The van der Waals surface area contributed by atoms with Crippen molar-refractivity contribution in [3.63, 3.8) is 0 Å². The van der Waals surface area contributed by atoms with Crippen molar-refractivity contribution >= 4 is 23.5 Å². The van der Waals surface area contributed by atoms with Gasteiger partial charge in [0.25, 0.3) is 0 Å². The zero-order valence-corrected chi connectivity index (χ0v) is 13.6. The summed E-state index contributed by atoms with van der Waals surface area (Å²) in [6, 6.07) is 5.77. The summed E-state index contributed by atoms with van der Waals surface area (Å²) in [5, 5.41) is 2.80. The highest BCUT2D eigenvalue weighted by atomic mass is 32.2. The van der Waals surface area contributed by atoms with Crippen molar-refractivity contribution < 1.29 is 9.59 Å². The molecule has 0 fully saturated rings. The predicted molar refractivity (Wildman–Crippen MR) is 84.1 cm³/mol. The van der Waals surface area contributed by atoms with Crippen molar-refractivity contribution in [3.05, 3.63) is 29.3 Å². The number of aryl methyl sites for hydroxylation is 2. The van der Waals surface area contributed by atoms with Crippen LogP contribution in [0.25, 0.3) is 0 Å². The van der Waals surface area contributed by atoms with E-state index in [1.165, 1.54) is 29.8 Å². The normalized spacial score (nSPS) is 12.3. The van der Waals surface area contributed by atoms with E-state index in [0.29, 0.717) is 5.75 Å². The molecule has 1 N–H and O–H groups in total. The minimum Gasteiger partial charge on any atom is -0.345 e. The summed E-state index contributed by atoms with van der Waals surface area (Å²) in [5.41, 5.74) is 2.47. The Balaban J connectivity index is 2.54. The van der Waals surface area contributed by atoms with Gasteiger partial charge in [0.05, 0.1) is 11.8 Å². The Kier molecular flexibility index (Phi) is 6.27. The Hall–Kier alpha value is -1.29. The third-order valence-corrected chi connectivity index (χ3v) is 4.26. The molecule has 20 heavy (non-hydrogen) atoms. The summed E-state index contributed by atoms with van der Waals surface area (Å²) < 4.78 is 0. The van der Waals surface area contributed by atoms with Crippen LogP contribution < -0.4 is 5.32 Å². The first-order valence-corrected chi connectivity index (χ1v) is 7.79. The van der Waals surface area contributed by atoms with Crippen LogP contribution in [0.15, 0.2) is 23.1 Å². The Morgan fingerprint density at radius 3 is 2.35 bits per heavy atom. The maximum absolute atomic E-state index is 11.9. The minimum absolute atomic E-state index is 0.00419. The van der Waals surface area contributed by atoms with Gasteiger partial charge in [0.1, 0.15) is 0 Å². The second-order valence-corrected chi connectivity index (χ2v) is 6.48. The van der Waals surface area contributed by atoms with Gasteiger partial charge in [0, 0.05) is 4.90 Å². The maximum Gasteiger partial charge on any atom is 0.230 e. The van der Waals surface area contributed by atoms with Crippen molar-refractivity contribution in [2.75, 3.05) is 5.75 Å². The Labute approximate surface area is 125 Å². The fourth-order valence-electron chi connectivity index (χ4n) is 1.91. The van der Waals surface area contributed by atoms with Crippen LogP contribution in [0.1, 0.15) is 31.9 Å². The van der Waals surface area contributed by atoms with E-state index in [9.17, 15) is 9.59 Å². The highest BCUT2D eigenvalue weighted by Crippen LogP contribution is 2.20. The number of rotatable bonds is 6. The topological polar surface area (TPSA) is 46.2 Å². The molecule has 0 saturated heterocycles. The lowest BCUT2D eigenvalue weighted by Gasteiger charge is -2.19. The van der Waals surface area contributed by atoms with Gasteiger partial charge in [-0.25, -0.2) is 0 Å². The highest BCUT2D eigenvalue weighted by Gasteiger charge is 2.20. The van der Waals surface area contributed by atoms with Crippen LogP contribution in [-0.2, 0) is 9.59 Å². The molecule has 1 aromatic rings. The smallest absolute Gasteiger partial charge is 0.230 e. The van der Waals surface area contributed by atoms with Gasteiger partial charge in [0.2, 0.25) is 5.91 Å². The molecule has 0 radical (unpaired) electrons. The molecule has 1 unspecified atom stereocenters.